The maximum absolute atomic E-state index is 7.06. The van der Waals surface area contributed by atoms with Crippen LogP contribution in [0.3, 0.4) is 0 Å². The normalized spacial score (nSPS) is 17.0. The fraction of sp³-hybridized carbons (Fsp3) is 0.0312. The van der Waals surface area contributed by atoms with Gasteiger partial charge in [0.2, 0.25) is 0 Å². The van der Waals surface area contributed by atoms with Crippen LogP contribution in [0.15, 0.2) is 239 Å². The maximum atomic E-state index is 7.06. The Labute approximate surface area is 396 Å². The van der Waals surface area contributed by atoms with E-state index in [2.05, 4.69) is 234 Å². The first kappa shape index (κ1) is 38.1. The van der Waals surface area contributed by atoms with Crippen molar-refractivity contribution in [3.63, 3.8) is 0 Å². The van der Waals surface area contributed by atoms with Crippen molar-refractivity contribution in [1.82, 2.24) is 9.13 Å². The molecule has 0 bridgehead atoms. The van der Waals surface area contributed by atoms with E-state index in [1.807, 2.05) is 0 Å². The van der Waals surface area contributed by atoms with Crippen LogP contribution in [0, 0.1) is 0 Å². The largest absolute Gasteiger partial charge is 0.454 e. The van der Waals surface area contributed by atoms with Crippen LogP contribution in [-0.4, -0.2) is 20.7 Å². The third-order valence-electron chi connectivity index (χ3n) is 14.7. The van der Waals surface area contributed by atoms with Gasteiger partial charge in [-0.3, -0.25) is 0 Å². The molecule has 1 unspecified atom stereocenters. The smallest absolute Gasteiger partial charge is 0.160 e. The molecular formula is C64H40N4O. The summed E-state index contributed by atoms with van der Waals surface area (Å²) in [6, 6.07) is 78.7. The van der Waals surface area contributed by atoms with Crippen molar-refractivity contribution in [2.45, 2.75) is 12.3 Å². The number of fused-ring (bicyclic) bond motifs is 15. The van der Waals surface area contributed by atoms with Crippen molar-refractivity contribution in [3.05, 3.63) is 247 Å². The number of aromatic nitrogens is 2. The fourth-order valence-electron chi connectivity index (χ4n) is 11.5. The summed E-state index contributed by atoms with van der Waals surface area (Å²) in [6.07, 6.45) is 3.04. The van der Waals surface area contributed by atoms with Gasteiger partial charge in [-0.15, -0.1) is 0 Å². The SMILES string of the molecule is C1=C(c2ccc3c(oc4ccccc43)c2-n2c3ccccc3c3cc4ccccc4cc32)/N=C(c2ccc(-c3ccccc3)cc2)\N=C2\c3cccc4c5ccccc5n(c34)-c3ccccc3C2C/1. The molecule has 5 heterocycles. The minimum atomic E-state index is -0.0902. The van der Waals surface area contributed by atoms with E-state index < -0.39 is 0 Å². The van der Waals surface area contributed by atoms with E-state index in [1.165, 1.54) is 60.2 Å². The van der Waals surface area contributed by atoms with Gasteiger partial charge in [-0.1, -0.05) is 176 Å². The lowest BCUT2D eigenvalue weighted by Gasteiger charge is -2.23. The summed E-state index contributed by atoms with van der Waals surface area (Å²) >= 11 is 0. The average Bonchev–Trinajstić information content (AvgIpc) is 4.04. The van der Waals surface area contributed by atoms with Crippen molar-refractivity contribution >= 4 is 93.6 Å². The number of amidine groups is 1. The van der Waals surface area contributed by atoms with E-state index in [0.717, 1.165) is 72.3 Å². The van der Waals surface area contributed by atoms with Gasteiger partial charge in [0.25, 0.3) is 0 Å². The lowest BCUT2D eigenvalue weighted by Crippen LogP contribution is -2.18. The van der Waals surface area contributed by atoms with Crippen molar-refractivity contribution < 1.29 is 4.42 Å². The molecule has 2 aliphatic rings. The highest BCUT2D eigenvalue weighted by molar-refractivity contribution is 6.25. The zero-order valence-electron chi connectivity index (χ0n) is 37.3. The maximum Gasteiger partial charge on any atom is 0.160 e. The van der Waals surface area contributed by atoms with E-state index in [4.69, 9.17) is 14.4 Å². The molecule has 13 aromatic rings. The molecule has 0 radical (unpaired) electrons. The van der Waals surface area contributed by atoms with Gasteiger partial charge in [-0.05, 0) is 82.4 Å². The Morgan fingerprint density at radius 2 is 1.09 bits per heavy atom. The van der Waals surface area contributed by atoms with Gasteiger partial charge in [0.05, 0.1) is 44.9 Å². The fourth-order valence-corrected chi connectivity index (χ4v) is 11.5. The molecule has 15 rings (SSSR count). The summed E-state index contributed by atoms with van der Waals surface area (Å²) in [5.74, 6) is 0.566. The second kappa shape index (κ2) is 14.7. The molecule has 1 atom stereocenters. The molecule has 5 nitrogen and oxygen atoms in total. The van der Waals surface area contributed by atoms with E-state index in [1.54, 1.807) is 0 Å². The monoisotopic (exact) mass is 880 g/mol. The first-order chi connectivity index (χ1) is 34.2. The van der Waals surface area contributed by atoms with Gasteiger partial charge in [-0.2, -0.15) is 0 Å². The predicted molar refractivity (Wildman–Crippen MR) is 287 cm³/mol. The second-order valence-electron chi connectivity index (χ2n) is 18.4. The molecule has 0 spiro atoms. The topological polar surface area (TPSA) is 47.7 Å². The van der Waals surface area contributed by atoms with Crippen LogP contribution in [0.2, 0.25) is 0 Å². The van der Waals surface area contributed by atoms with Gasteiger partial charge in [-0.25, -0.2) is 9.98 Å². The van der Waals surface area contributed by atoms with Crippen LogP contribution in [0.1, 0.15) is 34.6 Å². The number of aliphatic imine (C=N–C) groups is 2. The summed E-state index contributed by atoms with van der Waals surface area (Å²) in [4.78, 5) is 11.7. The lowest BCUT2D eigenvalue weighted by atomic mass is 9.85. The molecule has 69 heavy (non-hydrogen) atoms. The van der Waals surface area contributed by atoms with Crippen molar-refractivity contribution in [3.8, 4) is 22.5 Å². The van der Waals surface area contributed by atoms with Gasteiger partial charge < -0.3 is 13.6 Å². The van der Waals surface area contributed by atoms with E-state index in [9.17, 15) is 0 Å². The predicted octanol–water partition coefficient (Wildman–Crippen LogP) is 16.4. The number of allylic oxidation sites excluding steroid dienone is 1. The zero-order valence-corrected chi connectivity index (χ0v) is 37.3. The highest BCUT2D eigenvalue weighted by atomic mass is 16.3. The minimum Gasteiger partial charge on any atom is -0.454 e. The Bertz CT molecular complexity index is 4390. The highest BCUT2D eigenvalue weighted by Crippen LogP contribution is 2.46. The van der Waals surface area contributed by atoms with Gasteiger partial charge in [0.15, 0.2) is 11.4 Å². The number of hydrogen-bond acceptors (Lipinski definition) is 3. The molecule has 5 heteroatoms. The number of hydrogen-bond donors (Lipinski definition) is 0. The quantitative estimate of drug-likeness (QED) is 0.174. The van der Waals surface area contributed by atoms with Crippen molar-refractivity contribution in [2.75, 3.05) is 0 Å². The van der Waals surface area contributed by atoms with Crippen LogP contribution in [0.4, 0.5) is 0 Å². The van der Waals surface area contributed by atoms with Crippen LogP contribution < -0.4 is 0 Å². The molecule has 0 fully saturated rings. The van der Waals surface area contributed by atoms with Crippen LogP contribution in [0.5, 0.6) is 0 Å². The zero-order chi connectivity index (χ0) is 45.2. The summed E-state index contributed by atoms with van der Waals surface area (Å²) in [5, 5.41) is 9.34. The standard InChI is InChI=1S/C64H40N4O/c1-2-15-39(16-3-1)40-29-31-41(32-30-40)64-65-54(36-35-48-44-19-6-10-25-55(44)67-56-26-11-7-20-45(56)49-23-14-24-52(61(49)67)60(48)66-64)51-34-33-50-47-22-9-13-28-59(47)69-63(50)62(51)68-57-27-12-8-21-46(57)53-37-42-17-4-5-18-43(42)38-58(53)68/h1-34,36-38,48H,35H2/b54-36+,65-64-,66-60+. The molecule has 2 aliphatic heterocycles. The van der Waals surface area contributed by atoms with Crippen molar-refractivity contribution in [2.24, 2.45) is 9.98 Å². The van der Waals surface area contributed by atoms with Crippen LogP contribution >= 0.6 is 0 Å². The molecule has 3 aromatic heterocycles. The molecule has 0 amide bonds. The molecular weight excluding hydrogens is 841 g/mol. The van der Waals surface area contributed by atoms with E-state index >= 15 is 0 Å². The number of para-hydroxylation sites is 5. The number of nitrogens with zero attached hydrogens (tertiary/aromatic N) is 4. The molecule has 0 N–H and O–H groups in total. The molecule has 0 aliphatic carbocycles. The lowest BCUT2D eigenvalue weighted by molar-refractivity contribution is 0.666. The second-order valence-corrected chi connectivity index (χ2v) is 18.4. The van der Waals surface area contributed by atoms with E-state index in [-0.39, 0.29) is 5.92 Å². The Balaban J connectivity index is 1.04. The summed E-state index contributed by atoms with van der Waals surface area (Å²) < 4.78 is 12.0. The number of furan rings is 1. The average molecular weight is 881 g/mol. The van der Waals surface area contributed by atoms with Crippen LogP contribution in [-0.2, 0) is 0 Å². The molecule has 322 valence electrons. The summed E-state index contributed by atoms with van der Waals surface area (Å²) in [5.41, 5.74) is 16.8. The molecule has 0 saturated heterocycles. The molecule has 10 aromatic carbocycles. The van der Waals surface area contributed by atoms with Gasteiger partial charge in [0, 0.05) is 54.9 Å². The van der Waals surface area contributed by atoms with Gasteiger partial charge in [0.1, 0.15) is 5.58 Å². The van der Waals surface area contributed by atoms with Crippen LogP contribution in [0.25, 0.3) is 105 Å². The Morgan fingerprint density at radius 1 is 0.435 bits per heavy atom. The third kappa shape index (κ3) is 5.65. The van der Waals surface area contributed by atoms with Gasteiger partial charge >= 0.3 is 0 Å². The minimum absolute atomic E-state index is 0.0902. The van der Waals surface area contributed by atoms with E-state index in [0.29, 0.717) is 12.3 Å². The Morgan fingerprint density at radius 3 is 1.93 bits per heavy atom. The summed E-state index contributed by atoms with van der Waals surface area (Å²) in [7, 11) is 0. The Kier molecular flexibility index (Phi) is 8.13. The first-order valence-electron chi connectivity index (χ1n) is 23.8. The summed E-state index contributed by atoms with van der Waals surface area (Å²) in [6.45, 7) is 0. The Hall–Kier alpha value is -9.06. The highest BCUT2D eigenvalue weighted by Gasteiger charge is 2.33. The first-order valence-corrected chi connectivity index (χ1v) is 23.8. The molecule has 0 saturated carbocycles. The van der Waals surface area contributed by atoms with Crippen molar-refractivity contribution in [1.29, 1.82) is 0 Å². The number of benzene rings is 10. The number of rotatable bonds is 4. The third-order valence-corrected chi connectivity index (χ3v) is 14.7.